The second kappa shape index (κ2) is 7.74. The predicted molar refractivity (Wildman–Crippen MR) is 109 cm³/mol. The summed E-state index contributed by atoms with van der Waals surface area (Å²) in [6.07, 6.45) is 5.31. The monoisotopic (exact) mass is 374 g/mol. The van der Waals surface area contributed by atoms with Crippen LogP contribution in [-0.2, 0) is 7.05 Å². The van der Waals surface area contributed by atoms with Gasteiger partial charge in [-0.2, -0.15) is 5.10 Å². The van der Waals surface area contributed by atoms with E-state index in [0.29, 0.717) is 18.8 Å². The lowest BCUT2D eigenvalue weighted by molar-refractivity contribution is 0.170. The average molecular weight is 374 g/mol. The molecule has 1 aromatic carbocycles. The van der Waals surface area contributed by atoms with Crippen LogP contribution in [0.3, 0.4) is 0 Å². The molecular formula is C21H22N6O. The van der Waals surface area contributed by atoms with Crippen molar-refractivity contribution in [2.24, 2.45) is 7.05 Å². The van der Waals surface area contributed by atoms with E-state index in [1.807, 2.05) is 61.5 Å². The van der Waals surface area contributed by atoms with Gasteiger partial charge in [0.1, 0.15) is 5.82 Å². The summed E-state index contributed by atoms with van der Waals surface area (Å²) in [5, 5.41) is 15.7. The van der Waals surface area contributed by atoms with Crippen LogP contribution < -0.4 is 4.90 Å². The van der Waals surface area contributed by atoms with E-state index in [4.69, 9.17) is 4.98 Å². The van der Waals surface area contributed by atoms with Gasteiger partial charge in [0.2, 0.25) is 0 Å². The largest absolute Gasteiger partial charge is 0.388 e. The van der Waals surface area contributed by atoms with Crippen molar-refractivity contribution in [3.8, 4) is 11.4 Å². The summed E-state index contributed by atoms with van der Waals surface area (Å²) >= 11 is 0. The van der Waals surface area contributed by atoms with Crippen LogP contribution in [0.2, 0.25) is 0 Å². The number of aryl methyl sites for hydroxylation is 1. The molecule has 0 radical (unpaired) electrons. The van der Waals surface area contributed by atoms with Gasteiger partial charge in [0.25, 0.3) is 0 Å². The summed E-state index contributed by atoms with van der Waals surface area (Å²) in [6.45, 7) is 0.646. The molecule has 28 heavy (non-hydrogen) atoms. The molecular weight excluding hydrogens is 352 g/mol. The number of rotatable bonds is 6. The van der Waals surface area contributed by atoms with Gasteiger partial charge < -0.3 is 10.0 Å². The highest BCUT2D eigenvalue weighted by molar-refractivity contribution is 5.88. The molecule has 7 nitrogen and oxygen atoms in total. The van der Waals surface area contributed by atoms with Gasteiger partial charge in [0, 0.05) is 38.6 Å². The summed E-state index contributed by atoms with van der Waals surface area (Å²) in [5.41, 5.74) is 2.59. The SMILES string of the molecule is CN(CC[C@@H](O)c1ccccc1)c1nc(-c2ccncc2)nc2c1cnn2C. The maximum Gasteiger partial charge on any atom is 0.164 e. The van der Waals surface area contributed by atoms with Crippen molar-refractivity contribution in [2.75, 3.05) is 18.5 Å². The van der Waals surface area contributed by atoms with Crippen molar-refractivity contribution in [1.29, 1.82) is 0 Å². The Kier molecular flexibility index (Phi) is 4.99. The molecule has 1 N–H and O–H groups in total. The number of nitrogens with zero attached hydrogens (tertiary/aromatic N) is 6. The molecule has 1 atom stereocenters. The molecule has 0 aliphatic carbocycles. The van der Waals surface area contributed by atoms with Crippen molar-refractivity contribution in [2.45, 2.75) is 12.5 Å². The molecule has 142 valence electrons. The first-order chi connectivity index (χ1) is 13.6. The van der Waals surface area contributed by atoms with Crippen molar-refractivity contribution in [1.82, 2.24) is 24.7 Å². The van der Waals surface area contributed by atoms with Crippen LogP contribution in [-0.4, -0.2) is 43.4 Å². The topological polar surface area (TPSA) is 80.0 Å². The standard InChI is InChI=1S/C21H22N6O/c1-26(13-10-18(28)15-6-4-3-5-7-15)20-17-14-23-27(2)21(17)25-19(24-20)16-8-11-22-12-9-16/h3-9,11-12,14,18,28H,10,13H2,1-2H3/t18-/m1/s1. The van der Waals surface area contributed by atoms with Gasteiger partial charge in [-0.05, 0) is 24.1 Å². The average Bonchev–Trinajstić information content (AvgIpc) is 3.13. The predicted octanol–water partition coefficient (Wildman–Crippen LogP) is 2.99. The van der Waals surface area contributed by atoms with E-state index in [1.165, 1.54) is 0 Å². The Hall–Kier alpha value is -3.32. The number of aliphatic hydroxyl groups is 1. The fourth-order valence-corrected chi connectivity index (χ4v) is 3.19. The molecule has 0 spiro atoms. The van der Waals surface area contributed by atoms with Crippen LogP contribution in [0.25, 0.3) is 22.4 Å². The Labute approximate surface area is 163 Å². The van der Waals surface area contributed by atoms with Gasteiger partial charge in [-0.3, -0.25) is 9.67 Å². The Balaban J connectivity index is 1.63. The summed E-state index contributed by atoms with van der Waals surface area (Å²) in [4.78, 5) is 15.6. The van der Waals surface area contributed by atoms with Crippen LogP contribution in [0.1, 0.15) is 18.1 Å². The molecule has 0 saturated heterocycles. The van der Waals surface area contributed by atoms with E-state index in [2.05, 4.69) is 15.1 Å². The van der Waals surface area contributed by atoms with Gasteiger partial charge in [-0.15, -0.1) is 0 Å². The third-order valence-electron chi connectivity index (χ3n) is 4.79. The molecule has 0 saturated carbocycles. The van der Waals surface area contributed by atoms with Gasteiger partial charge >= 0.3 is 0 Å². The quantitative estimate of drug-likeness (QED) is 0.559. The van der Waals surface area contributed by atoms with Crippen LogP contribution in [0, 0.1) is 0 Å². The molecule has 0 aliphatic rings. The Bertz CT molecular complexity index is 1060. The van der Waals surface area contributed by atoms with E-state index in [-0.39, 0.29) is 0 Å². The Morgan fingerprint density at radius 1 is 1.07 bits per heavy atom. The minimum Gasteiger partial charge on any atom is -0.388 e. The number of aromatic nitrogens is 5. The third kappa shape index (κ3) is 3.57. The number of benzene rings is 1. The highest BCUT2D eigenvalue weighted by Gasteiger charge is 2.17. The molecule has 4 rings (SSSR count). The normalized spacial score (nSPS) is 12.2. The Morgan fingerprint density at radius 2 is 1.82 bits per heavy atom. The number of hydrogen-bond acceptors (Lipinski definition) is 6. The van der Waals surface area contributed by atoms with E-state index in [9.17, 15) is 5.11 Å². The van der Waals surface area contributed by atoms with Gasteiger partial charge in [-0.1, -0.05) is 30.3 Å². The molecule has 7 heteroatoms. The molecule has 0 bridgehead atoms. The van der Waals surface area contributed by atoms with Crippen molar-refractivity contribution in [3.05, 3.63) is 66.6 Å². The van der Waals surface area contributed by atoms with E-state index in [0.717, 1.165) is 28.0 Å². The number of anilines is 1. The highest BCUT2D eigenvalue weighted by Crippen LogP contribution is 2.27. The van der Waals surface area contributed by atoms with Crippen molar-refractivity contribution >= 4 is 16.9 Å². The lowest BCUT2D eigenvalue weighted by Crippen LogP contribution is -2.22. The number of pyridine rings is 1. The first kappa shape index (κ1) is 18.1. The number of hydrogen-bond donors (Lipinski definition) is 1. The third-order valence-corrected chi connectivity index (χ3v) is 4.79. The molecule has 3 aromatic heterocycles. The maximum atomic E-state index is 10.5. The van der Waals surface area contributed by atoms with Gasteiger partial charge in [0.05, 0.1) is 17.7 Å². The van der Waals surface area contributed by atoms with Crippen LogP contribution in [0.15, 0.2) is 61.1 Å². The highest BCUT2D eigenvalue weighted by atomic mass is 16.3. The lowest BCUT2D eigenvalue weighted by Gasteiger charge is -2.21. The zero-order valence-electron chi connectivity index (χ0n) is 15.9. The molecule has 4 aromatic rings. The molecule has 0 unspecified atom stereocenters. The summed E-state index contributed by atoms with van der Waals surface area (Å²) in [6, 6.07) is 13.5. The fourth-order valence-electron chi connectivity index (χ4n) is 3.19. The minimum absolute atomic E-state index is 0.519. The second-order valence-electron chi connectivity index (χ2n) is 6.75. The molecule has 3 heterocycles. The summed E-state index contributed by atoms with van der Waals surface area (Å²) < 4.78 is 1.75. The van der Waals surface area contributed by atoms with Gasteiger partial charge in [-0.25, -0.2) is 9.97 Å². The number of fused-ring (bicyclic) bond motifs is 1. The van der Waals surface area contributed by atoms with Gasteiger partial charge in [0.15, 0.2) is 11.5 Å². The smallest absolute Gasteiger partial charge is 0.164 e. The fraction of sp³-hybridized carbons (Fsp3) is 0.238. The zero-order valence-corrected chi connectivity index (χ0v) is 15.9. The minimum atomic E-state index is -0.519. The zero-order chi connectivity index (χ0) is 19.5. The van der Waals surface area contributed by atoms with Crippen molar-refractivity contribution in [3.63, 3.8) is 0 Å². The summed E-state index contributed by atoms with van der Waals surface area (Å²) in [7, 11) is 3.84. The van der Waals surface area contributed by atoms with Crippen LogP contribution >= 0.6 is 0 Å². The van der Waals surface area contributed by atoms with E-state index >= 15 is 0 Å². The summed E-state index contributed by atoms with van der Waals surface area (Å²) in [5.74, 6) is 1.43. The van der Waals surface area contributed by atoms with Crippen LogP contribution in [0.5, 0.6) is 0 Å². The van der Waals surface area contributed by atoms with E-state index in [1.54, 1.807) is 23.3 Å². The van der Waals surface area contributed by atoms with E-state index < -0.39 is 6.10 Å². The second-order valence-corrected chi connectivity index (χ2v) is 6.75. The lowest BCUT2D eigenvalue weighted by atomic mass is 10.1. The van der Waals surface area contributed by atoms with Crippen LogP contribution in [0.4, 0.5) is 5.82 Å². The molecule has 0 fully saturated rings. The first-order valence-electron chi connectivity index (χ1n) is 9.18. The first-order valence-corrected chi connectivity index (χ1v) is 9.18. The number of aliphatic hydroxyl groups excluding tert-OH is 1. The molecule has 0 amide bonds. The molecule has 0 aliphatic heterocycles. The maximum absolute atomic E-state index is 10.5. The Morgan fingerprint density at radius 3 is 2.57 bits per heavy atom. The van der Waals surface area contributed by atoms with Crippen molar-refractivity contribution < 1.29 is 5.11 Å².